The van der Waals surface area contributed by atoms with Gasteiger partial charge in [0.15, 0.2) is 0 Å². The van der Waals surface area contributed by atoms with E-state index in [4.69, 9.17) is 0 Å². The van der Waals surface area contributed by atoms with E-state index in [2.05, 4.69) is 10.3 Å². The number of anilines is 2. The van der Waals surface area contributed by atoms with Gasteiger partial charge >= 0.3 is 0 Å². The number of aryl methyl sites for hydroxylation is 1. The number of nitrogens with zero attached hydrogens (tertiary/aromatic N) is 2. The molecule has 4 rings (SSSR count). The average molecular weight is 349 g/mol. The monoisotopic (exact) mass is 349 g/mol. The van der Waals surface area contributed by atoms with E-state index >= 15 is 0 Å². The third-order valence-corrected chi connectivity index (χ3v) is 4.83. The maximum absolute atomic E-state index is 13.0. The molecule has 2 aromatic heterocycles. The van der Waals surface area contributed by atoms with Crippen molar-refractivity contribution in [3.05, 3.63) is 64.5 Å². The van der Waals surface area contributed by atoms with Crippen molar-refractivity contribution in [1.29, 1.82) is 0 Å². The van der Waals surface area contributed by atoms with Crippen LogP contribution in [-0.2, 0) is 4.79 Å². The lowest BCUT2D eigenvalue weighted by Crippen LogP contribution is -2.42. The van der Waals surface area contributed by atoms with Crippen LogP contribution >= 0.6 is 11.3 Å². The second-order valence-electron chi connectivity index (χ2n) is 5.80. The van der Waals surface area contributed by atoms with Crippen molar-refractivity contribution in [1.82, 2.24) is 4.98 Å². The van der Waals surface area contributed by atoms with Gasteiger partial charge < -0.3 is 5.32 Å². The van der Waals surface area contributed by atoms with Crippen LogP contribution in [0.25, 0.3) is 11.3 Å². The van der Waals surface area contributed by atoms with Crippen molar-refractivity contribution in [2.75, 3.05) is 16.8 Å². The summed E-state index contributed by atoms with van der Waals surface area (Å²) in [6, 6.07) is 12.9. The maximum atomic E-state index is 13.0. The van der Waals surface area contributed by atoms with Gasteiger partial charge in [-0.15, -0.1) is 0 Å². The van der Waals surface area contributed by atoms with Crippen molar-refractivity contribution in [2.45, 2.75) is 6.92 Å². The molecule has 0 bridgehead atoms. The van der Waals surface area contributed by atoms with Crippen molar-refractivity contribution < 1.29 is 9.59 Å². The molecule has 0 unspecified atom stereocenters. The summed E-state index contributed by atoms with van der Waals surface area (Å²) in [5.41, 5.74) is 4.38. The molecule has 0 radical (unpaired) electrons. The molecule has 0 fully saturated rings. The molecular weight excluding hydrogens is 334 g/mol. The number of fused-ring (bicyclic) bond motifs is 1. The molecule has 1 N–H and O–H groups in total. The minimum atomic E-state index is -0.218. The Bertz CT molecular complexity index is 967. The summed E-state index contributed by atoms with van der Waals surface area (Å²) in [4.78, 5) is 31.0. The number of carbonyl (C=O) groups excluding carboxylic acids is 2. The van der Waals surface area contributed by atoms with Crippen LogP contribution < -0.4 is 10.2 Å². The molecule has 3 heterocycles. The maximum Gasteiger partial charge on any atom is 0.260 e. The summed E-state index contributed by atoms with van der Waals surface area (Å²) in [6.45, 7) is 1.82. The Morgan fingerprint density at radius 1 is 1.20 bits per heavy atom. The van der Waals surface area contributed by atoms with Crippen molar-refractivity contribution in [2.24, 2.45) is 0 Å². The van der Waals surface area contributed by atoms with Crippen LogP contribution in [-0.4, -0.2) is 23.3 Å². The molecule has 3 aromatic rings. The van der Waals surface area contributed by atoms with Gasteiger partial charge in [0.1, 0.15) is 6.54 Å². The lowest BCUT2D eigenvalue weighted by molar-refractivity contribution is -0.115. The van der Waals surface area contributed by atoms with Crippen LogP contribution in [0.15, 0.2) is 53.2 Å². The highest BCUT2D eigenvalue weighted by atomic mass is 32.1. The lowest BCUT2D eigenvalue weighted by Gasteiger charge is -2.29. The summed E-state index contributed by atoms with van der Waals surface area (Å²) < 4.78 is 0. The molecule has 0 spiro atoms. The molecule has 5 nitrogen and oxygen atoms in total. The molecular formula is C19H15N3O2S. The third-order valence-electron chi connectivity index (χ3n) is 4.15. The minimum Gasteiger partial charge on any atom is -0.323 e. The van der Waals surface area contributed by atoms with Gasteiger partial charge in [-0.2, -0.15) is 11.3 Å². The van der Waals surface area contributed by atoms with Gasteiger partial charge in [0.2, 0.25) is 5.91 Å². The van der Waals surface area contributed by atoms with Gasteiger partial charge in [0.25, 0.3) is 5.91 Å². The number of hydrogen-bond donors (Lipinski definition) is 1. The number of aromatic nitrogens is 1. The van der Waals surface area contributed by atoms with E-state index < -0.39 is 0 Å². The van der Waals surface area contributed by atoms with Crippen LogP contribution in [0, 0.1) is 6.92 Å². The van der Waals surface area contributed by atoms with Gasteiger partial charge in [-0.1, -0.05) is 12.1 Å². The van der Waals surface area contributed by atoms with Gasteiger partial charge in [-0.3, -0.25) is 19.5 Å². The first-order valence-electron chi connectivity index (χ1n) is 7.84. The predicted octanol–water partition coefficient (Wildman–Crippen LogP) is 3.72. The highest BCUT2D eigenvalue weighted by Crippen LogP contribution is 2.31. The van der Waals surface area contributed by atoms with Gasteiger partial charge in [-0.25, -0.2) is 0 Å². The van der Waals surface area contributed by atoms with Crippen LogP contribution in [0.3, 0.4) is 0 Å². The predicted molar refractivity (Wildman–Crippen MR) is 99.0 cm³/mol. The van der Waals surface area contributed by atoms with Crippen molar-refractivity contribution >= 4 is 34.5 Å². The molecule has 1 aliphatic rings. The zero-order valence-corrected chi connectivity index (χ0v) is 14.3. The highest BCUT2D eigenvalue weighted by molar-refractivity contribution is 7.08. The lowest BCUT2D eigenvalue weighted by atomic mass is 10.1. The second-order valence-corrected chi connectivity index (χ2v) is 6.58. The van der Waals surface area contributed by atoms with Crippen molar-refractivity contribution in [3.8, 4) is 11.3 Å². The summed E-state index contributed by atoms with van der Waals surface area (Å²) >= 11 is 1.61. The van der Waals surface area contributed by atoms with Crippen LogP contribution in [0.5, 0.6) is 0 Å². The standard InChI is InChI=1S/C19H15N3O2S/c1-12-14(6-7-15(20-12)13-8-9-25-11-13)19(24)22-10-18(23)21-16-4-2-3-5-17(16)22/h2-9,11H,10H2,1H3,(H,21,23). The molecule has 1 aromatic carbocycles. The number of para-hydroxylation sites is 2. The van der Waals surface area contributed by atoms with Crippen LogP contribution in [0.2, 0.25) is 0 Å². The Morgan fingerprint density at radius 2 is 2.04 bits per heavy atom. The Kier molecular flexibility index (Phi) is 3.82. The van der Waals surface area contributed by atoms with E-state index in [0.29, 0.717) is 22.6 Å². The topological polar surface area (TPSA) is 62.3 Å². The molecule has 6 heteroatoms. The quantitative estimate of drug-likeness (QED) is 0.767. The number of carbonyl (C=O) groups is 2. The van der Waals surface area contributed by atoms with E-state index in [1.54, 1.807) is 23.5 Å². The van der Waals surface area contributed by atoms with E-state index in [0.717, 1.165) is 11.3 Å². The summed E-state index contributed by atoms with van der Waals surface area (Å²) in [6.07, 6.45) is 0. The Balaban J connectivity index is 1.71. The number of nitrogens with one attached hydrogen (secondary N) is 1. The summed E-state index contributed by atoms with van der Waals surface area (Å²) in [5, 5.41) is 6.81. The Hall–Kier alpha value is -2.99. The molecule has 0 saturated heterocycles. The molecule has 25 heavy (non-hydrogen) atoms. The SMILES string of the molecule is Cc1nc(-c2ccsc2)ccc1C(=O)N1CC(=O)Nc2ccccc21. The molecule has 2 amide bonds. The summed E-state index contributed by atoms with van der Waals surface area (Å²) in [7, 11) is 0. The fraction of sp³-hybridized carbons (Fsp3) is 0.105. The number of amides is 2. The van der Waals surface area contributed by atoms with E-state index in [-0.39, 0.29) is 18.4 Å². The summed E-state index contributed by atoms with van der Waals surface area (Å²) in [5.74, 6) is -0.420. The largest absolute Gasteiger partial charge is 0.323 e. The fourth-order valence-corrected chi connectivity index (χ4v) is 3.57. The fourth-order valence-electron chi connectivity index (χ4n) is 2.92. The first kappa shape index (κ1) is 15.5. The number of benzene rings is 1. The minimum absolute atomic E-state index is 0.00156. The first-order chi connectivity index (χ1) is 12.1. The highest BCUT2D eigenvalue weighted by Gasteiger charge is 2.28. The zero-order chi connectivity index (χ0) is 17.4. The second kappa shape index (κ2) is 6.14. The van der Waals surface area contributed by atoms with Gasteiger partial charge in [0.05, 0.1) is 28.3 Å². The first-order valence-corrected chi connectivity index (χ1v) is 8.79. The molecule has 1 aliphatic heterocycles. The normalized spacial score (nSPS) is 13.3. The molecule has 0 atom stereocenters. The van der Waals surface area contributed by atoms with Gasteiger partial charge in [0, 0.05) is 10.9 Å². The van der Waals surface area contributed by atoms with E-state index in [1.807, 2.05) is 48.0 Å². The van der Waals surface area contributed by atoms with Crippen LogP contribution in [0.1, 0.15) is 16.1 Å². The zero-order valence-electron chi connectivity index (χ0n) is 13.5. The van der Waals surface area contributed by atoms with Gasteiger partial charge in [-0.05, 0) is 42.6 Å². The number of thiophene rings is 1. The number of hydrogen-bond acceptors (Lipinski definition) is 4. The number of rotatable bonds is 2. The average Bonchev–Trinajstić information content (AvgIpc) is 3.15. The third kappa shape index (κ3) is 2.81. The number of pyridine rings is 1. The van der Waals surface area contributed by atoms with Crippen molar-refractivity contribution in [3.63, 3.8) is 0 Å². The Labute approximate surface area is 148 Å². The van der Waals surface area contributed by atoms with E-state index in [1.165, 1.54) is 4.90 Å². The molecule has 124 valence electrons. The van der Waals surface area contributed by atoms with E-state index in [9.17, 15) is 9.59 Å². The molecule has 0 saturated carbocycles. The molecule has 0 aliphatic carbocycles. The Morgan fingerprint density at radius 3 is 2.80 bits per heavy atom. The van der Waals surface area contributed by atoms with Crippen LogP contribution in [0.4, 0.5) is 11.4 Å². The smallest absolute Gasteiger partial charge is 0.260 e.